The van der Waals surface area contributed by atoms with Crippen molar-refractivity contribution in [2.45, 2.75) is 13.1 Å². The molecule has 0 saturated carbocycles. The summed E-state index contributed by atoms with van der Waals surface area (Å²) in [6, 6.07) is 14.9. The van der Waals surface area contributed by atoms with Crippen LogP contribution in [-0.4, -0.2) is 60.5 Å². The summed E-state index contributed by atoms with van der Waals surface area (Å²) in [4.78, 5) is 27.3. The van der Waals surface area contributed by atoms with E-state index in [0.29, 0.717) is 19.6 Å². The van der Waals surface area contributed by atoms with Crippen molar-refractivity contribution >= 4 is 11.6 Å². The van der Waals surface area contributed by atoms with E-state index < -0.39 is 4.92 Å². The fourth-order valence-corrected chi connectivity index (χ4v) is 3.40. The lowest BCUT2D eigenvalue weighted by Gasteiger charge is -2.34. The third-order valence-corrected chi connectivity index (χ3v) is 5.01. The number of hydrogen-bond acceptors (Lipinski definition) is 6. The molecule has 2 aromatic rings. The van der Waals surface area contributed by atoms with Gasteiger partial charge in [-0.05, 0) is 17.2 Å². The van der Waals surface area contributed by atoms with Crippen LogP contribution >= 0.6 is 0 Å². The van der Waals surface area contributed by atoms with E-state index in [-0.39, 0.29) is 17.3 Å². The molecule has 0 atom stereocenters. The number of carbonyl (C=O) groups excluding carboxylic acids is 1. The Morgan fingerprint density at radius 3 is 2.41 bits per heavy atom. The molecule has 1 N–H and O–H groups in total. The number of nitro benzene ring substituents is 1. The van der Waals surface area contributed by atoms with Crippen LogP contribution in [0.2, 0.25) is 0 Å². The van der Waals surface area contributed by atoms with Gasteiger partial charge in [-0.25, -0.2) is 0 Å². The predicted molar refractivity (Wildman–Crippen MR) is 110 cm³/mol. The number of ether oxygens (including phenoxy) is 1. The molecule has 0 spiro atoms. The lowest BCUT2D eigenvalue weighted by atomic mass is 10.1. The van der Waals surface area contributed by atoms with E-state index in [1.807, 2.05) is 36.4 Å². The summed E-state index contributed by atoms with van der Waals surface area (Å²) < 4.78 is 5.05. The van der Waals surface area contributed by atoms with Crippen molar-refractivity contribution in [3.63, 3.8) is 0 Å². The summed E-state index contributed by atoms with van der Waals surface area (Å²) in [6.45, 7) is 4.76. The van der Waals surface area contributed by atoms with Crippen molar-refractivity contribution < 1.29 is 14.5 Å². The second-order valence-electron chi connectivity index (χ2n) is 7.08. The normalized spacial score (nSPS) is 15.1. The largest absolute Gasteiger partial charge is 0.490 e. The highest BCUT2D eigenvalue weighted by Gasteiger charge is 2.21. The number of methoxy groups -OCH3 is 1. The van der Waals surface area contributed by atoms with Gasteiger partial charge in [0.25, 0.3) is 0 Å². The van der Waals surface area contributed by atoms with Gasteiger partial charge in [0.05, 0.1) is 18.6 Å². The van der Waals surface area contributed by atoms with Gasteiger partial charge in [0.2, 0.25) is 5.91 Å². The van der Waals surface area contributed by atoms with Gasteiger partial charge in [-0.2, -0.15) is 0 Å². The zero-order valence-electron chi connectivity index (χ0n) is 16.5. The second-order valence-corrected chi connectivity index (χ2v) is 7.08. The number of nitro groups is 1. The average molecular weight is 398 g/mol. The van der Waals surface area contributed by atoms with E-state index in [9.17, 15) is 14.9 Å². The number of nitrogens with one attached hydrogen (secondary N) is 1. The van der Waals surface area contributed by atoms with Gasteiger partial charge in [-0.3, -0.25) is 24.7 Å². The summed E-state index contributed by atoms with van der Waals surface area (Å²) in [5.41, 5.74) is 1.95. The minimum atomic E-state index is -0.422. The summed E-state index contributed by atoms with van der Waals surface area (Å²) in [6.07, 6.45) is 0. The van der Waals surface area contributed by atoms with Crippen LogP contribution in [0.25, 0.3) is 0 Å². The van der Waals surface area contributed by atoms with Crippen LogP contribution in [0.15, 0.2) is 48.5 Å². The molecule has 154 valence electrons. The minimum Gasteiger partial charge on any atom is -0.490 e. The SMILES string of the molecule is COc1ccc(CN2CCN(CC(=O)NCc3ccccc3)CC2)cc1[N+](=O)[O-]. The molecule has 1 aliphatic rings. The number of piperazine rings is 1. The topological polar surface area (TPSA) is 88.0 Å². The Bertz CT molecular complexity index is 836. The van der Waals surface area contributed by atoms with Crippen LogP contribution < -0.4 is 10.1 Å². The minimum absolute atomic E-state index is 0.0151. The van der Waals surface area contributed by atoms with E-state index in [0.717, 1.165) is 37.3 Å². The summed E-state index contributed by atoms with van der Waals surface area (Å²) >= 11 is 0. The van der Waals surface area contributed by atoms with Gasteiger partial charge in [-0.15, -0.1) is 0 Å². The molecule has 0 bridgehead atoms. The Kier molecular flexibility index (Phi) is 7.15. The van der Waals surface area contributed by atoms with Crippen molar-refractivity contribution in [2.24, 2.45) is 0 Å². The Balaban J connectivity index is 1.44. The molecule has 1 heterocycles. The summed E-state index contributed by atoms with van der Waals surface area (Å²) in [5, 5.41) is 14.1. The number of carbonyl (C=O) groups is 1. The van der Waals surface area contributed by atoms with E-state index in [2.05, 4.69) is 15.1 Å². The van der Waals surface area contributed by atoms with Crippen molar-refractivity contribution in [2.75, 3.05) is 39.8 Å². The molecule has 1 fully saturated rings. The Morgan fingerprint density at radius 2 is 1.76 bits per heavy atom. The molecule has 8 nitrogen and oxygen atoms in total. The molecule has 0 aromatic heterocycles. The number of benzene rings is 2. The molecule has 1 saturated heterocycles. The molecule has 0 radical (unpaired) electrons. The molecule has 0 unspecified atom stereocenters. The Morgan fingerprint density at radius 1 is 1.07 bits per heavy atom. The van der Waals surface area contributed by atoms with E-state index >= 15 is 0 Å². The van der Waals surface area contributed by atoms with Gasteiger partial charge >= 0.3 is 5.69 Å². The molecule has 8 heteroatoms. The first-order valence-corrected chi connectivity index (χ1v) is 9.62. The van der Waals surface area contributed by atoms with Crippen LogP contribution in [-0.2, 0) is 17.9 Å². The Labute approximate surface area is 170 Å². The molecule has 0 aliphatic carbocycles. The van der Waals surface area contributed by atoms with Crippen LogP contribution in [0.3, 0.4) is 0 Å². The fourth-order valence-electron chi connectivity index (χ4n) is 3.40. The fraction of sp³-hybridized carbons (Fsp3) is 0.381. The smallest absolute Gasteiger partial charge is 0.311 e. The van der Waals surface area contributed by atoms with Gasteiger partial charge in [0.1, 0.15) is 0 Å². The summed E-state index contributed by atoms with van der Waals surface area (Å²) in [7, 11) is 1.43. The monoisotopic (exact) mass is 398 g/mol. The number of rotatable bonds is 8. The lowest BCUT2D eigenvalue weighted by Crippen LogP contribution is -2.49. The maximum atomic E-state index is 12.2. The number of hydrogen-bond donors (Lipinski definition) is 1. The summed E-state index contributed by atoms with van der Waals surface area (Å²) in [5.74, 6) is 0.290. The molecule has 1 aliphatic heterocycles. The third-order valence-electron chi connectivity index (χ3n) is 5.01. The molecule has 29 heavy (non-hydrogen) atoms. The number of nitrogens with zero attached hydrogens (tertiary/aromatic N) is 3. The highest BCUT2D eigenvalue weighted by atomic mass is 16.6. The van der Waals surface area contributed by atoms with Crippen molar-refractivity contribution in [1.82, 2.24) is 15.1 Å². The first-order valence-electron chi connectivity index (χ1n) is 9.62. The highest BCUT2D eigenvalue weighted by Crippen LogP contribution is 2.28. The van der Waals surface area contributed by atoms with Gasteiger partial charge in [-0.1, -0.05) is 36.4 Å². The second kappa shape index (κ2) is 9.99. The molecular weight excluding hydrogens is 372 g/mol. The first-order chi connectivity index (χ1) is 14.0. The van der Waals surface area contributed by atoms with Gasteiger partial charge < -0.3 is 10.1 Å². The first kappa shape index (κ1) is 20.8. The van der Waals surface area contributed by atoms with Gasteiger partial charge in [0.15, 0.2) is 5.75 Å². The average Bonchev–Trinajstić information content (AvgIpc) is 2.74. The Hall–Kier alpha value is -2.97. The van der Waals surface area contributed by atoms with Crippen LogP contribution in [0.1, 0.15) is 11.1 Å². The zero-order valence-corrected chi connectivity index (χ0v) is 16.5. The van der Waals surface area contributed by atoms with Crippen molar-refractivity contribution in [3.05, 3.63) is 69.8 Å². The van der Waals surface area contributed by atoms with Gasteiger partial charge in [0, 0.05) is 45.3 Å². The highest BCUT2D eigenvalue weighted by molar-refractivity contribution is 5.78. The van der Waals surface area contributed by atoms with E-state index in [1.54, 1.807) is 12.1 Å². The van der Waals surface area contributed by atoms with Crippen LogP contribution in [0.5, 0.6) is 5.75 Å². The molecule has 3 rings (SSSR count). The van der Waals surface area contributed by atoms with E-state index in [4.69, 9.17) is 4.74 Å². The maximum Gasteiger partial charge on any atom is 0.311 e. The quantitative estimate of drug-likeness (QED) is 0.541. The van der Waals surface area contributed by atoms with Crippen LogP contribution in [0, 0.1) is 10.1 Å². The van der Waals surface area contributed by atoms with Crippen LogP contribution in [0.4, 0.5) is 5.69 Å². The lowest BCUT2D eigenvalue weighted by molar-refractivity contribution is -0.385. The van der Waals surface area contributed by atoms with E-state index in [1.165, 1.54) is 7.11 Å². The predicted octanol–water partition coefficient (Wildman–Crippen LogP) is 2.04. The third kappa shape index (κ3) is 6.00. The molecular formula is C21H26N4O4. The molecule has 2 aromatic carbocycles. The molecule has 1 amide bonds. The standard InChI is InChI=1S/C21H26N4O4/c1-29-20-8-7-18(13-19(20)25(27)28)15-23-9-11-24(12-10-23)16-21(26)22-14-17-5-3-2-4-6-17/h2-8,13H,9-12,14-16H2,1H3,(H,22,26). The zero-order chi connectivity index (χ0) is 20.6. The van der Waals surface area contributed by atoms with Crippen molar-refractivity contribution in [3.8, 4) is 5.75 Å². The van der Waals surface area contributed by atoms with Crippen molar-refractivity contribution in [1.29, 1.82) is 0 Å². The number of amides is 1. The maximum absolute atomic E-state index is 12.2.